The second-order valence-electron chi connectivity index (χ2n) is 7.62. The number of hydrogen-bond acceptors (Lipinski definition) is 5. The monoisotopic (exact) mass is 408 g/mol. The molecule has 7 heteroatoms. The number of ether oxygens (including phenoxy) is 1. The lowest BCUT2D eigenvalue weighted by Gasteiger charge is -2.27. The molecule has 1 N–H and O–H groups in total. The first-order valence-corrected chi connectivity index (χ1v) is 9.72. The molecule has 0 saturated carbocycles. The summed E-state index contributed by atoms with van der Waals surface area (Å²) in [5.41, 5.74) is 3.09. The Labute approximate surface area is 175 Å². The summed E-state index contributed by atoms with van der Waals surface area (Å²) in [5.74, 6) is -2.75. The minimum atomic E-state index is -1.12. The molecule has 156 valence electrons. The van der Waals surface area contributed by atoms with Gasteiger partial charge in [-0.25, -0.2) is 4.79 Å². The minimum Gasteiger partial charge on any atom is -0.454 e. The molecule has 0 radical (unpaired) electrons. The van der Waals surface area contributed by atoms with Gasteiger partial charge < -0.3 is 10.1 Å². The molecule has 0 fully saturated rings. The summed E-state index contributed by atoms with van der Waals surface area (Å²) >= 11 is 0. The van der Waals surface area contributed by atoms with Crippen LogP contribution in [0.4, 0.5) is 5.69 Å². The first kappa shape index (κ1) is 21.2. The smallest absolute Gasteiger partial charge is 0.330 e. The van der Waals surface area contributed by atoms with Crippen molar-refractivity contribution in [1.29, 1.82) is 0 Å². The minimum absolute atomic E-state index is 0.258. The van der Waals surface area contributed by atoms with E-state index in [2.05, 4.69) is 5.32 Å². The van der Waals surface area contributed by atoms with Gasteiger partial charge in [0, 0.05) is 5.69 Å². The molecule has 3 amide bonds. The lowest BCUT2D eigenvalue weighted by atomic mass is 10.0. The van der Waals surface area contributed by atoms with Crippen LogP contribution < -0.4 is 5.32 Å². The number of carbonyl (C=O) groups excluding carboxylic acids is 4. The van der Waals surface area contributed by atoms with Crippen LogP contribution in [0.5, 0.6) is 0 Å². The van der Waals surface area contributed by atoms with E-state index in [0.29, 0.717) is 5.69 Å². The number of amides is 3. The molecule has 0 spiro atoms. The van der Waals surface area contributed by atoms with Gasteiger partial charge in [0.15, 0.2) is 6.61 Å². The van der Waals surface area contributed by atoms with Gasteiger partial charge in [-0.1, -0.05) is 38.1 Å². The number of esters is 1. The number of aryl methyl sites for hydroxylation is 1. The maximum atomic E-state index is 12.7. The fourth-order valence-corrected chi connectivity index (χ4v) is 3.43. The molecule has 0 unspecified atom stereocenters. The molecular weight excluding hydrogens is 384 g/mol. The summed E-state index contributed by atoms with van der Waals surface area (Å²) in [7, 11) is 0. The molecule has 1 aliphatic rings. The van der Waals surface area contributed by atoms with Gasteiger partial charge in [0.25, 0.3) is 17.7 Å². The van der Waals surface area contributed by atoms with Crippen molar-refractivity contribution in [2.45, 2.75) is 33.7 Å². The van der Waals surface area contributed by atoms with Crippen LogP contribution in [-0.2, 0) is 14.3 Å². The molecule has 0 aromatic heterocycles. The Hall–Kier alpha value is -3.48. The van der Waals surface area contributed by atoms with E-state index in [9.17, 15) is 19.2 Å². The zero-order chi connectivity index (χ0) is 22.0. The third-order valence-electron chi connectivity index (χ3n) is 5.20. The van der Waals surface area contributed by atoms with E-state index in [1.54, 1.807) is 44.2 Å². The summed E-state index contributed by atoms with van der Waals surface area (Å²) < 4.78 is 5.18. The molecule has 0 bridgehead atoms. The fraction of sp³-hybridized carbons (Fsp3) is 0.304. The Bertz CT molecular complexity index is 993. The number of benzene rings is 2. The molecule has 0 aliphatic carbocycles. The first-order valence-electron chi connectivity index (χ1n) is 9.72. The van der Waals surface area contributed by atoms with E-state index < -0.39 is 36.3 Å². The summed E-state index contributed by atoms with van der Waals surface area (Å²) in [5, 5.41) is 2.71. The lowest BCUT2D eigenvalue weighted by Crippen LogP contribution is -2.49. The van der Waals surface area contributed by atoms with E-state index in [1.807, 2.05) is 26.0 Å². The second-order valence-corrected chi connectivity index (χ2v) is 7.62. The van der Waals surface area contributed by atoms with Crippen molar-refractivity contribution in [2.24, 2.45) is 5.92 Å². The summed E-state index contributed by atoms with van der Waals surface area (Å²) in [6.45, 7) is 6.73. The number of anilines is 1. The van der Waals surface area contributed by atoms with Crippen molar-refractivity contribution >= 4 is 29.4 Å². The highest BCUT2D eigenvalue weighted by Gasteiger charge is 2.44. The Morgan fingerprint density at radius 2 is 1.57 bits per heavy atom. The standard InChI is InChI=1S/C23H24N2O5/c1-13(2)20(25-21(27)16-9-5-6-10-17(16)22(25)28)23(29)30-12-19(26)24-18-11-7-8-14(3)15(18)4/h5-11,13,20H,12H2,1-4H3,(H,24,26)/t20-/m1/s1. The number of rotatable bonds is 6. The van der Waals surface area contributed by atoms with Gasteiger partial charge >= 0.3 is 5.97 Å². The normalized spacial score (nSPS) is 14.0. The fourth-order valence-electron chi connectivity index (χ4n) is 3.43. The van der Waals surface area contributed by atoms with Gasteiger partial charge in [0.2, 0.25) is 0 Å². The lowest BCUT2D eigenvalue weighted by molar-refractivity contribution is -0.152. The number of nitrogens with one attached hydrogen (secondary N) is 1. The van der Waals surface area contributed by atoms with Crippen LogP contribution in [0.25, 0.3) is 0 Å². The van der Waals surface area contributed by atoms with E-state index >= 15 is 0 Å². The van der Waals surface area contributed by atoms with E-state index in [1.165, 1.54) is 0 Å². The number of hydrogen-bond donors (Lipinski definition) is 1. The number of nitrogens with zero attached hydrogens (tertiary/aromatic N) is 1. The van der Waals surface area contributed by atoms with Crippen LogP contribution >= 0.6 is 0 Å². The Morgan fingerprint density at radius 3 is 2.13 bits per heavy atom. The SMILES string of the molecule is Cc1cccc(NC(=O)COC(=O)[C@@H](C(C)C)N2C(=O)c3ccccc3C2=O)c1C. The average molecular weight is 408 g/mol. The van der Waals surface area contributed by atoms with Gasteiger partial charge in [-0.2, -0.15) is 0 Å². The highest BCUT2D eigenvalue weighted by molar-refractivity contribution is 6.22. The van der Waals surface area contributed by atoms with Crippen molar-refractivity contribution in [3.63, 3.8) is 0 Å². The third kappa shape index (κ3) is 3.96. The largest absolute Gasteiger partial charge is 0.454 e. The Morgan fingerprint density at radius 1 is 0.967 bits per heavy atom. The highest BCUT2D eigenvalue weighted by atomic mass is 16.5. The molecule has 1 atom stereocenters. The second kappa shape index (κ2) is 8.49. The van der Waals surface area contributed by atoms with Gasteiger partial charge in [0.1, 0.15) is 6.04 Å². The summed E-state index contributed by atoms with van der Waals surface area (Å²) in [6, 6.07) is 10.8. The van der Waals surface area contributed by atoms with E-state index in [-0.39, 0.29) is 17.0 Å². The predicted octanol–water partition coefficient (Wildman–Crippen LogP) is 3.11. The van der Waals surface area contributed by atoms with Gasteiger partial charge in [0.05, 0.1) is 11.1 Å². The zero-order valence-electron chi connectivity index (χ0n) is 17.4. The van der Waals surface area contributed by atoms with Crippen molar-refractivity contribution in [1.82, 2.24) is 4.90 Å². The molecule has 1 aliphatic heterocycles. The number of imide groups is 1. The van der Waals surface area contributed by atoms with Crippen LogP contribution in [0.3, 0.4) is 0 Å². The van der Waals surface area contributed by atoms with Gasteiger partial charge in [-0.3, -0.25) is 19.3 Å². The topological polar surface area (TPSA) is 92.8 Å². The van der Waals surface area contributed by atoms with Crippen LogP contribution in [0.15, 0.2) is 42.5 Å². The highest BCUT2D eigenvalue weighted by Crippen LogP contribution is 2.27. The van der Waals surface area contributed by atoms with E-state index in [0.717, 1.165) is 16.0 Å². The molecular formula is C23H24N2O5. The molecule has 0 saturated heterocycles. The summed E-state index contributed by atoms with van der Waals surface area (Å²) in [6.07, 6.45) is 0. The third-order valence-corrected chi connectivity index (χ3v) is 5.20. The van der Waals surface area contributed by atoms with Crippen LogP contribution in [-0.4, -0.2) is 41.2 Å². The quantitative estimate of drug-likeness (QED) is 0.586. The Kier molecular flexibility index (Phi) is 6.01. The van der Waals surface area contributed by atoms with Crippen LogP contribution in [0, 0.1) is 19.8 Å². The zero-order valence-corrected chi connectivity index (χ0v) is 17.4. The van der Waals surface area contributed by atoms with Crippen LogP contribution in [0.2, 0.25) is 0 Å². The summed E-state index contributed by atoms with van der Waals surface area (Å²) in [4.78, 5) is 51.4. The van der Waals surface area contributed by atoms with Crippen molar-refractivity contribution in [2.75, 3.05) is 11.9 Å². The number of carbonyl (C=O) groups is 4. The maximum Gasteiger partial charge on any atom is 0.330 e. The van der Waals surface area contributed by atoms with Crippen LogP contribution in [0.1, 0.15) is 45.7 Å². The van der Waals surface area contributed by atoms with Crippen molar-refractivity contribution < 1.29 is 23.9 Å². The first-order chi connectivity index (χ1) is 14.2. The van der Waals surface area contributed by atoms with Gasteiger partial charge in [-0.15, -0.1) is 0 Å². The molecule has 30 heavy (non-hydrogen) atoms. The number of fused-ring (bicyclic) bond motifs is 1. The van der Waals surface area contributed by atoms with E-state index in [4.69, 9.17) is 4.74 Å². The molecule has 2 aromatic rings. The predicted molar refractivity (Wildman–Crippen MR) is 111 cm³/mol. The average Bonchev–Trinajstić information content (AvgIpc) is 2.95. The Balaban J connectivity index is 1.70. The molecule has 7 nitrogen and oxygen atoms in total. The van der Waals surface area contributed by atoms with Crippen molar-refractivity contribution in [3.8, 4) is 0 Å². The van der Waals surface area contributed by atoms with Gasteiger partial charge in [-0.05, 0) is 49.1 Å². The molecule has 3 rings (SSSR count). The maximum absolute atomic E-state index is 12.7. The van der Waals surface area contributed by atoms with Crippen molar-refractivity contribution in [3.05, 3.63) is 64.7 Å². The molecule has 1 heterocycles. The molecule has 2 aromatic carbocycles.